The molecule has 0 fully saturated rings. The number of fused-ring (bicyclic) bond motifs is 1. The number of carbonyl (C=O) groups is 1. The highest BCUT2D eigenvalue weighted by molar-refractivity contribution is 7.21. The number of rotatable bonds is 9. The van der Waals surface area contributed by atoms with Crippen LogP contribution in [0.2, 0.25) is 0 Å². The first-order valence-corrected chi connectivity index (χ1v) is 9.31. The van der Waals surface area contributed by atoms with Gasteiger partial charge in [-0.15, -0.1) is 10.2 Å². The molecule has 27 heavy (non-hydrogen) atoms. The van der Waals surface area contributed by atoms with Crippen LogP contribution in [0.1, 0.15) is 6.92 Å². The van der Waals surface area contributed by atoms with Crippen LogP contribution >= 0.6 is 11.3 Å². The summed E-state index contributed by atoms with van der Waals surface area (Å²) in [6.07, 6.45) is 0. The van der Waals surface area contributed by atoms with E-state index >= 15 is 0 Å². The van der Waals surface area contributed by atoms with E-state index in [1.165, 1.54) is 11.3 Å². The molecule has 0 saturated carbocycles. The highest BCUT2D eigenvalue weighted by Gasteiger charge is 2.06. The smallest absolute Gasteiger partial charge is 0.293 e. The summed E-state index contributed by atoms with van der Waals surface area (Å²) in [5, 5.41) is 9.11. The zero-order valence-electron chi connectivity index (χ0n) is 15.2. The quantitative estimate of drug-likeness (QED) is 0.303. The molecule has 0 bridgehead atoms. The topological polar surface area (TPSA) is 76.4 Å². The van der Waals surface area contributed by atoms with Gasteiger partial charge in [0.2, 0.25) is 5.13 Å². The molecular formula is C19H20N4O3S. The molecule has 0 aliphatic heterocycles. The lowest BCUT2D eigenvalue weighted by Crippen LogP contribution is -2.26. The second kappa shape index (κ2) is 9.09. The molecule has 0 saturated heterocycles. The van der Waals surface area contributed by atoms with Gasteiger partial charge in [0, 0.05) is 12.2 Å². The molecule has 0 aliphatic carbocycles. The van der Waals surface area contributed by atoms with Gasteiger partial charge in [-0.1, -0.05) is 11.3 Å². The van der Waals surface area contributed by atoms with Crippen molar-refractivity contribution >= 4 is 44.5 Å². The molecule has 0 spiro atoms. The molecule has 140 valence electrons. The fraction of sp³-hybridized carbons (Fsp3) is 0.263. The highest BCUT2D eigenvalue weighted by Crippen LogP contribution is 2.32. The number of thiazole rings is 1. The lowest BCUT2D eigenvalue weighted by molar-refractivity contribution is -0.128. The Morgan fingerprint density at radius 3 is 2.70 bits per heavy atom. The first-order chi connectivity index (χ1) is 13.2. The van der Waals surface area contributed by atoms with Crippen LogP contribution < -0.4 is 9.64 Å². The predicted molar refractivity (Wildman–Crippen MR) is 107 cm³/mol. The van der Waals surface area contributed by atoms with Crippen LogP contribution in [0.3, 0.4) is 0 Å². The Morgan fingerprint density at radius 1 is 1.19 bits per heavy atom. The molecule has 1 aromatic heterocycles. The van der Waals surface area contributed by atoms with E-state index in [4.69, 9.17) is 9.47 Å². The average Bonchev–Trinajstić information content (AvgIpc) is 3.12. The van der Waals surface area contributed by atoms with E-state index in [-0.39, 0.29) is 0 Å². The number of anilines is 1. The molecule has 0 radical (unpaired) electrons. The van der Waals surface area contributed by atoms with E-state index in [0.29, 0.717) is 24.8 Å². The minimum Gasteiger partial charge on any atom is -0.497 e. The molecule has 2 aromatic carbocycles. The Morgan fingerprint density at radius 2 is 2.00 bits per heavy atom. The molecule has 3 rings (SSSR count). The number of aromatic nitrogens is 1. The Bertz CT molecular complexity index is 924. The maximum Gasteiger partial charge on any atom is 0.293 e. The first kappa shape index (κ1) is 18.8. The fourth-order valence-electron chi connectivity index (χ4n) is 2.57. The Hall–Kier alpha value is -3.00. The summed E-state index contributed by atoms with van der Waals surface area (Å²) < 4.78 is 11.0. The molecule has 3 aromatic rings. The van der Waals surface area contributed by atoms with Crippen LogP contribution in [0.25, 0.3) is 10.2 Å². The third-order valence-electron chi connectivity index (χ3n) is 3.98. The van der Waals surface area contributed by atoms with E-state index < -0.39 is 0 Å². The predicted octanol–water partition coefficient (Wildman–Crippen LogP) is 4.72. The van der Waals surface area contributed by atoms with E-state index in [2.05, 4.69) is 27.0 Å². The number of benzene rings is 2. The summed E-state index contributed by atoms with van der Waals surface area (Å²) in [5.41, 5.74) is 2.66. The molecule has 0 unspecified atom stereocenters. The summed E-state index contributed by atoms with van der Waals surface area (Å²) in [4.78, 5) is 16.8. The summed E-state index contributed by atoms with van der Waals surface area (Å²) in [6, 6.07) is 13.5. The lowest BCUT2D eigenvalue weighted by atomic mass is 10.2. The second-order valence-corrected chi connectivity index (χ2v) is 6.60. The number of nitrogens with zero attached hydrogens (tertiary/aromatic N) is 4. The van der Waals surface area contributed by atoms with Crippen LogP contribution in [0.5, 0.6) is 5.75 Å². The van der Waals surface area contributed by atoms with Gasteiger partial charge in [-0.3, -0.25) is 4.79 Å². The second-order valence-electron chi connectivity index (χ2n) is 5.59. The van der Waals surface area contributed by atoms with E-state index in [1.54, 1.807) is 7.11 Å². The summed E-state index contributed by atoms with van der Waals surface area (Å²) in [7, 11) is 1.64. The van der Waals surface area contributed by atoms with Gasteiger partial charge in [-0.2, -0.15) is 0 Å². The zero-order chi connectivity index (χ0) is 19.1. The number of ether oxygens (including phenoxy) is 2. The Kier molecular flexibility index (Phi) is 6.32. The molecular weight excluding hydrogens is 364 g/mol. The number of hydrogen-bond donors (Lipinski definition) is 0. The highest BCUT2D eigenvalue weighted by atomic mass is 32.1. The van der Waals surface area contributed by atoms with Gasteiger partial charge < -0.3 is 14.4 Å². The van der Waals surface area contributed by atoms with Crippen LogP contribution in [0, 0.1) is 0 Å². The van der Waals surface area contributed by atoms with Gasteiger partial charge in [-0.25, -0.2) is 4.98 Å². The van der Waals surface area contributed by atoms with Crippen molar-refractivity contribution in [3.8, 4) is 5.75 Å². The van der Waals surface area contributed by atoms with Gasteiger partial charge >= 0.3 is 0 Å². The third kappa shape index (κ3) is 4.79. The van der Waals surface area contributed by atoms with Crippen LogP contribution in [-0.4, -0.2) is 38.3 Å². The molecule has 0 atom stereocenters. The molecule has 8 heteroatoms. The summed E-state index contributed by atoms with van der Waals surface area (Å²) in [6.45, 7) is 4.34. The Labute approximate surface area is 161 Å². The third-order valence-corrected chi connectivity index (χ3v) is 4.88. The Balaban J connectivity index is 1.69. The SMILES string of the molecule is CCN(CCOC=O)c1ccc(N=Nc2nc3ccc(OC)cc3s2)cc1. The number of carbonyl (C=O) groups excluding carboxylic acids is 1. The van der Waals surface area contributed by atoms with Gasteiger partial charge in [0.25, 0.3) is 6.47 Å². The number of likely N-dealkylation sites (N-methyl/N-ethyl adjacent to an activating group) is 1. The lowest BCUT2D eigenvalue weighted by Gasteiger charge is -2.22. The largest absolute Gasteiger partial charge is 0.497 e. The minimum absolute atomic E-state index is 0.362. The fourth-order valence-corrected chi connectivity index (χ4v) is 3.39. The standard InChI is InChI=1S/C19H20N4O3S/c1-3-23(10-11-26-13-24)15-6-4-14(5-7-15)21-22-19-20-17-9-8-16(25-2)12-18(17)27-19/h4-9,12-13H,3,10-11H2,1-2H3. The average molecular weight is 384 g/mol. The van der Waals surface area contributed by atoms with Crippen molar-refractivity contribution in [2.45, 2.75) is 6.92 Å². The van der Waals surface area contributed by atoms with E-state index in [0.717, 1.165) is 33.9 Å². The molecule has 0 aliphatic rings. The van der Waals surface area contributed by atoms with Crippen molar-refractivity contribution in [2.75, 3.05) is 31.7 Å². The first-order valence-electron chi connectivity index (χ1n) is 8.50. The number of hydrogen-bond acceptors (Lipinski definition) is 8. The van der Waals surface area contributed by atoms with Gasteiger partial charge in [0.1, 0.15) is 12.4 Å². The molecule has 1 heterocycles. The number of azo groups is 1. The van der Waals surface area contributed by atoms with Crippen molar-refractivity contribution in [1.29, 1.82) is 0 Å². The monoisotopic (exact) mass is 384 g/mol. The van der Waals surface area contributed by atoms with Crippen molar-refractivity contribution in [3.05, 3.63) is 42.5 Å². The van der Waals surface area contributed by atoms with Crippen molar-refractivity contribution < 1.29 is 14.3 Å². The molecule has 7 nitrogen and oxygen atoms in total. The van der Waals surface area contributed by atoms with Crippen LogP contribution in [0.15, 0.2) is 52.7 Å². The normalized spacial score (nSPS) is 11.0. The van der Waals surface area contributed by atoms with Crippen LogP contribution in [0.4, 0.5) is 16.5 Å². The van der Waals surface area contributed by atoms with Gasteiger partial charge in [-0.05, 0) is 49.4 Å². The summed E-state index contributed by atoms with van der Waals surface area (Å²) >= 11 is 1.47. The van der Waals surface area contributed by atoms with Gasteiger partial charge in [0.15, 0.2) is 0 Å². The zero-order valence-corrected chi connectivity index (χ0v) is 16.0. The van der Waals surface area contributed by atoms with Crippen molar-refractivity contribution in [1.82, 2.24) is 4.98 Å². The summed E-state index contributed by atoms with van der Waals surface area (Å²) in [5.74, 6) is 0.796. The van der Waals surface area contributed by atoms with Crippen molar-refractivity contribution in [3.63, 3.8) is 0 Å². The van der Waals surface area contributed by atoms with Crippen LogP contribution in [-0.2, 0) is 9.53 Å². The van der Waals surface area contributed by atoms with Gasteiger partial charge in [0.05, 0.1) is 29.6 Å². The van der Waals surface area contributed by atoms with Crippen molar-refractivity contribution in [2.24, 2.45) is 10.2 Å². The molecule has 0 N–H and O–H groups in total. The van der Waals surface area contributed by atoms with E-state index in [1.807, 2.05) is 42.5 Å². The van der Waals surface area contributed by atoms with E-state index in [9.17, 15) is 4.79 Å². The minimum atomic E-state index is 0.362. The molecule has 0 amide bonds. The maximum absolute atomic E-state index is 10.3. The number of methoxy groups -OCH3 is 1. The maximum atomic E-state index is 10.3.